The van der Waals surface area contributed by atoms with Gasteiger partial charge in [0.05, 0.1) is 12.3 Å². The Morgan fingerprint density at radius 2 is 2.20 bits per heavy atom. The van der Waals surface area contributed by atoms with Crippen LogP contribution in [0.5, 0.6) is 0 Å². The van der Waals surface area contributed by atoms with Crippen molar-refractivity contribution in [3.63, 3.8) is 0 Å². The molecular formula is C14H20N2O3S. The summed E-state index contributed by atoms with van der Waals surface area (Å²) in [6.07, 6.45) is 2.39. The van der Waals surface area contributed by atoms with E-state index in [-0.39, 0.29) is 23.2 Å². The number of carbonyl (C=O) groups excluding carboxylic acids is 2. The normalized spacial score (nSPS) is 22.4. The molecule has 1 aromatic heterocycles. The lowest BCUT2D eigenvalue weighted by Gasteiger charge is -2.29. The molecule has 1 N–H and O–H groups in total. The van der Waals surface area contributed by atoms with Gasteiger partial charge in [0.1, 0.15) is 4.88 Å². The van der Waals surface area contributed by atoms with E-state index in [1.54, 1.807) is 4.90 Å². The predicted octanol–water partition coefficient (Wildman–Crippen LogP) is 1.97. The molecule has 0 unspecified atom stereocenters. The minimum absolute atomic E-state index is 0.0998. The number of carbonyl (C=O) groups is 2. The number of aliphatic hydroxyl groups is 1. The van der Waals surface area contributed by atoms with Crippen molar-refractivity contribution in [3.05, 3.63) is 16.1 Å². The van der Waals surface area contributed by atoms with Gasteiger partial charge in [0.15, 0.2) is 10.8 Å². The van der Waals surface area contributed by atoms with E-state index in [2.05, 4.69) is 18.8 Å². The highest BCUT2D eigenvalue weighted by molar-refractivity contribution is 7.15. The van der Waals surface area contributed by atoms with Crippen molar-refractivity contribution in [1.82, 2.24) is 9.88 Å². The number of thiazole rings is 1. The summed E-state index contributed by atoms with van der Waals surface area (Å²) in [5.74, 6) is -0.224. The summed E-state index contributed by atoms with van der Waals surface area (Å²) in [7, 11) is 0. The molecule has 1 atom stereocenters. The third-order valence-corrected chi connectivity index (χ3v) is 4.53. The Morgan fingerprint density at radius 3 is 2.80 bits per heavy atom. The lowest BCUT2D eigenvalue weighted by atomic mass is 9.87. The standard InChI is InChI=1S/C14H20N2O3S/c1-9(17)12-15-7-11(20-12)13(19)16-5-4-10(18)6-14(2,3)8-16/h7,10,18H,4-6,8H2,1-3H3/t10-/m0/s1. The molecule has 6 heteroatoms. The molecule has 0 aromatic carbocycles. The van der Waals surface area contributed by atoms with E-state index in [1.807, 2.05) is 0 Å². The van der Waals surface area contributed by atoms with Crippen molar-refractivity contribution in [3.8, 4) is 0 Å². The van der Waals surface area contributed by atoms with Crippen molar-refractivity contribution in [1.29, 1.82) is 0 Å². The van der Waals surface area contributed by atoms with E-state index in [4.69, 9.17) is 0 Å². The van der Waals surface area contributed by atoms with Gasteiger partial charge in [0, 0.05) is 20.0 Å². The van der Waals surface area contributed by atoms with Crippen LogP contribution in [0.15, 0.2) is 6.20 Å². The molecule has 1 saturated heterocycles. The maximum Gasteiger partial charge on any atom is 0.265 e. The van der Waals surface area contributed by atoms with Crippen molar-refractivity contribution in [2.45, 2.75) is 39.7 Å². The largest absolute Gasteiger partial charge is 0.393 e. The minimum atomic E-state index is -0.364. The van der Waals surface area contributed by atoms with Gasteiger partial charge in [-0.25, -0.2) is 4.98 Å². The van der Waals surface area contributed by atoms with Gasteiger partial charge in [0.2, 0.25) is 0 Å². The number of hydrogen-bond acceptors (Lipinski definition) is 5. The molecule has 0 spiro atoms. The van der Waals surface area contributed by atoms with E-state index in [0.717, 1.165) is 11.3 Å². The summed E-state index contributed by atoms with van der Waals surface area (Å²) in [5, 5.41) is 10.2. The lowest BCUT2D eigenvalue weighted by molar-refractivity contribution is 0.0709. The van der Waals surface area contributed by atoms with E-state index >= 15 is 0 Å². The van der Waals surface area contributed by atoms with Gasteiger partial charge >= 0.3 is 0 Å². The number of rotatable bonds is 2. The molecule has 0 bridgehead atoms. The van der Waals surface area contributed by atoms with E-state index in [0.29, 0.717) is 35.8 Å². The predicted molar refractivity (Wildman–Crippen MR) is 77.0 cm³/mol. The van der Waals surface area contributed by atoms with Gasteiger partial charge in [-0.15, -0.1) is 11.3 Å². The van der Waals surface area contributed by atoms with Crippen LogP contribution in [-0.4, -0.2) is 45.9 Å². The summed E-state index contributed by atoms with van der Waals surface area (Å²) in [4.78, 5) is 30.0. The summed E-state index contributed by atoms with van der Waals surface area (Å²) in [6, 6.07) is 0. The van der Waals surface area contributed by atoms with Crippen LogP contribution in [0.4, 0.5) is 0 Å². The zero-order chi connectivity index (χ0) is 14.9. The molecule has 110 valence electrons. The quantitative estimate of drug-likeness (QED) is 0.847. The third kappa shape index (κ3) is 3.43. The minimum Gasteiger partial charge on any atom is -0.393 e. The first kappa shape index (κ1) is 15.1. The van der Waals surface area contributed by atoms with Gasteiger partial charge in [-0.3, -0.25) is 9.59 Å². The topological polar surface area (TPSA) is 70.5 Å². The first-order valence-corrected chi connectivity index (χ1v) is 7.54. The van der Waals surface area contributed by atoms with Crippen molar-refractivity contribution >= 4 is 23.0 Å². The second-order valence-corrected chi connectivity index (χ2v) is 7.15. The van der Waals surface area contributed by atoms with Gasteiger partial charge in [-0.2, -0.15) is 0 Å². The number of hydrogen-bond donors (Lipinski definition) is 1. The molecule has 1 aliphatic rings. The first-order valence-electron chi connectivity index (χ1n) is 6.72. The van der Waals surface area contributed by atoms with Crippen LogP contribution in [-0.2, 0) is 0 Å². The third-order valence-electron chi connectivity index (χ3n) is 3.44. The monoisotopic (exact) mass is 296 g/mol. The average Bonchev–Trinajstić information content (AvgIpc) is 2.77. The fourth-order valence-corrected chi connectivity index (χ4v) is 3.35. The lowest BCUT2D eigenvalue weighted by Crippen LogP contribution is -2.37. The molecule has 1 aromatic rings. The van der Waals surface area contributed by atoms with Gasteiger partial charge in [0.25, 0.3) is 5.91 Å². The Labute approximate surface area is 122 Å². The number of likely N-dealkylation sites (tertiary alicyclic amines) is 1. The van der Waals surface area contributed by atoms with Gasteiger partial charge in [-0.05, 0) is 18.3 Å². The van der Waals surface area contributed by atoms with Gasteiger partial charge in [-0.1, -0.05) is 13.8 Å². The zero-order valence-electron chi connectivity index (χ0n) is 12.0. The Bertz CT molecular complexity index is 524. The highest BCUT2D eigenvalue weighted by Crippen LogP contribution is 2.29. The number of aromatic nitrogens is 1. The van der Waals surface area contributed by atoms with E-state index in [1.165, 1.54) is 13.1 Å². The molecule has 0 radical (unpaired) electrons. The van der Waals surface area contributed by atoms with Crippen LogP contribution in [0.3, 0.4) is 0 Å². The second-order valence-electron chi connectivity index (χ2n) is 6.12. The molecule has 2 rings (SSSR count). The molecule has 1 aliphatic heterocycles. The Balaban J connectivity index is 2.16. The Kier molecular flexibility index (Phi) is 4.25. The smallest absolute Gasteiger partial charge is 0.265 e. The highest BCUT2D eigenvalue weighted by Gasteiger charge is 2.32. The molecule has 20 heavy (non-hydrogen) atoms. The Morgan fingerprint density at radius 1 is 1.50 bits per heavy atom. The van der Waals surface area contributed by atoms with Crippen LogP contribution in [0.2, 0.25) is 0 Å². The van der Waals surface area contributed by atoms with Crippen LogP contribution < -0.4 is 0 Å². The molecule has 0 aliphatic carbocycles. The van der Waals surface area contributed by atoms with E-state index < -0.39 is 0 Å². The number of nitrogens with zero attached hydrogens (tertiary/aromatic N) is 2. The van der Waals surface area contributed by atoms with Crippen LogP contribution in [0.25, 0.3) is 0 Å². The number of amides is 1. The van der Waals surface area contributed by atoms with E-state index in [9.17, 15) is 14.7 Å². The number of aliphatic hydroxyl groups excluding tert-OH is 1. The number of ketones is 1. The maximum atomic E-state index is 12.5. The van der Waals surface area contributed by atoms with Gasteiger partial charge < -0.3 is 10.0 Å². The summed E-state index contributed by atoms with van der Waals surface area (Å²) < 4.78 is 0. The SMILES string of the molecule is CC(=O)c1ncc(C(=O)N2CC[C@H](O)CC(C)(C)C2)s1. The Hall–Kier alpha value is -1.27. The fraction of sp³-hybridized carbons (Fsp3) is 0.643. The average molecular weight is 296 g/mol. The summed E-state index contributed by atoms with van der Waals surface area (Å²) in [5.41, 5.74) is -0.111. The summed E-state index contributed by atoms with van der Waals surface area (Å²) >= 11 is 1.14. The summed E-state index contributed by atoms with van der Waals surface area (Å²) in [6.45, 7) is 6.69. The molecule has 1 fully saturated rings. The molecule has 5 nitrogen and oxygen atoms in total. The highest BCUT2D eigenvalue weighted by atomic mass is 32.1. The van der Waals surface area contributed by atoms with Crippen molar-refractivity contribution < 1.29 is 14.7 Å². The molecular weight excluding hydrogens is 276 g/mol. The fourth-order valence-electron chi connectivity index (χ4n) is 2.57. The maximum absolute atomic E-state index is 12.5. The van der Waals surface area contributed by atoms with Crippen LogP contribution >= 0.6 is 11.3 Å². The molecule has 2 heterocycles. The van der Waals surface area contributed by atoms with Crippen molar-refractivity contribution in [2.75, 3.05) is 13.1 Å². The molecule has 1 amide bonds. The molecule has 0 saturated carbocycles. The first-order chi connectivity index (χ1) is 9.28. The number of Topliss-reactive ketones (excluding diaryl/α,β-unsaturated/α-hetero) is 1. The zero-order valence-corrected chi connectivity index (χ0v) is 12.9. The van der Waals surface area contributed by atoms with Crippen LogP contribution in [0, 0.1) is 5.41 Å². The second kappa shape index (κ2) is 5.61. The van der Waals surface area contributed by atoms with Crippen LogP contribution in [0.1, 0.15) is 53.1 Å². The van der Waals surface area contributed by atoms with Crippen molar-refractivity contribution in [2.24, 2.45) is 5.41 Å².